The zero-order valence-electron chi connectivity index (χ0n) is 7.56. The third-order valence-electron chi connectivity index (χ3n) is 1.92. The Morgan fingerprint density at radius 1 is 1.64 bits per heavy atom. The van der Waals surface area contributed by atoms with E-state index in [1.807, 2.05) is 0 Å². The first-order valence-corrected chi connectivity index (χ1v) is 4.08. The minimum atomic E-state index is -0.518. The summed E-state index contributed by atoms with van der Waals surface area (Å²) in [6, 6.07) is 0. The number of anilines is 1. The van der Waals surface area contributed by atoms with Gasteiger partial charge in [0.1, 0.15) is 0 Å². The SMILES string of the molecule is CC(N)n1c(N)nc2[nH]cnc2c1=O. The van der Waals surface area contributed by atoms with Crippen LogP contribution in [0.3, 0.4) is 0 Å². The van der Waals surface area contributed by atoms with Crippen LogP contribution in [0.1, 0.15) is 13.1 Å². The molecule has 0 saturated heterocycles. The van der Waals surface area contributed by atoms with E-state index in [1.165, 1.54) is 10.9 Å². The number of H-pyrrole nitrogens is 1. The second-order valence-electron chi connectivity index (χ2n) is 2.99. The van der Waals surface area contributed by atoms with Crippen molar-refractivity contribution >= 4 is 17.1 Å². The van der Waals surface area contributed by atoms with Crippen LogP contribution in [0.5, 0.6) is 0 Å². The lowest BCUT2D eigenvalue weighted by Crippen LogP contribution is -2.31. The van der Waals surface area contributed by atoms with E-state index in [2.05, 4.69) is 15.0 Å². The average molecular weight is 194 g/mol. The number of nitrogens with two attached hydrogens (primary N) is 2. The Kier molecular flexibility index (Phi) is 1.74. The molecule has 2 heterocycles. The molecule has 0 fully saturated rings. The molecule has 0 spiro atoms. The first-order valence-electron chi connectivity index (χ1n) is 4.08. The number of aromatic nitrogens is 4. The van der Waals surface area contributed by atoms with Gasteiger partial charge in [0.15, 0.2) is 11.2 Å². The van der Waals surface area contributed by atoms with E-state index >= 15 is 0 Å². The predicted molar refractivity (Wildman–Crippen MR) is 51.5 cm³/mol. The minimum Gasteiger partial charge on any atom is -0.369 e. The highest BCUT2D eigenvalue weighted by Gasteiger charge is 2.12. The van der Waals surface area contributed by atoms with Crippen LogP contribution in [0, 0.1) is 0 Å². The standard InChI is InChI=1S/C7H10N6O/c1-3(8)13-6(14)4-5(11-2-10-4)12-7(13)9/h2-3H,8H2,1H3,(H2,9,12)(H,10,11). The number of aromatic amines is 1. The van der Waals surface area contributed by atoms with Crippen LogP contribution in [-0.4, -0.2) is 19.5 Å². The molecule has 0 amide bonds. The quantitative estimate of drug-likeness (QED) is 0.548. The molecule has 0 aliphatic heterocycles. The van der Waals surface area contributed by atoms with E-state index < -0.39 is 6.17 Å². The van der Waals surface area contributed by atoms with Gasteiger partial charge in [-0.3, -0.25) is 9.36 Å². The van der Waals surface area contributed by atoms with Crippen molar-refractivity contribution in [2.75, 3.05) is 5.73 Å². The highest BCUT2D eigenvalue weighted by Crippen LogP contribution is 2.06. The average Bonchev–Trinajstić information content (AvgIpc) is 2.50. The number of imidazole rings is 1. The Balaban J connectivity index is 2.90. The van der Waals surface area contributed by atoms with Crippen LogP contribution in [0.4, 0.5) is 5.95 Å². The van der Waals surface area contributed by atoms with E-state index in [0.29, 0.717) is 5.65 Å². The van der Waals surface area contributed by atoms with Gasteiger partial charge in [-0.05, 0) is 6.92 Å². The molecule has 2 aromatic rings. The van der Waals surface area contributed by atoms with Crippen molar-refractivity contribution in [2.45, 2.75) is 13.1 Å². The van der Waals surface area contributed by atoms with E-state index in [0.717, 1.165) is 0 Å². The van der Waals surface area contributed by atoms with E-state index in [4.69, 9.17) is 11.5 Å². The van der Waals surface area contributed by atoms with Crippen LogP contribution in [0.25, 0.3) is 11.2 Å². The van der Waals surface area contributed by atoms with Crippen molar-refractivity contribution in [2.24, 2.45) is 5.73 Å². The Morgan fingerprint density at radius 3 is 3.00 bits per heavy atom. The molecule has 0 aromatic carbocycles. The highest BCUT2D eigenvalue weighted by molar-refractivity contribution is 5.69. The number of fused-ring (bicyclic) bond motifs is 1. The van der Waals surface area contributed by atoms with E-state index in [9.17, 15) is 4.79 Å². The monoisotopic (exact) mass is 194 g/mol. The largest absolute Gasteiger partial charge is 0.369 e. The summed E-state index contributed by atoms with van der Waals surface area (Å²) in [5.41, 5.74) is 11.4. The van der Waals surface area contributed by atoms with Gasteiger partial charge in [0.25, 0.3) is 5.56 Å². The maximum Gasteiger partial charge on any atom is 0.284 e. The molecule has 0 radical (unpaired) electrons. The van der Waals surface area contributed by atoms with Gasteiger partial charge in [0, 0.05) is 0 Å². The molecule has 0 aliphatic rings. The lowest BCUT2D eigenvalue weighted by atomic mass is 10.5. The topological polar surface area (TPSA) is 116 Å². The molecule has 0 bridgehead atoms. The number of rotatable bonds is 1. The molecular formula is C7H10N6O. The van der Waals surface area contributed by atoms with Crippen LogP contribution >= 0.6 is 0 Å². The number of nitrogens with one attached hydrogen (secondary N) is 1. The molecule has 14 heavy (non-hydrogen) atoms. The number of nitrogen functional groups attached to an aromatic ring is 1. The highest BCUT2D eigenvalue weighted by atomic mass is 16.1. The third-order valence-corrected chi connectivity index (χ3v) is 1.92. The minimum absolute atomic E-state index is 0.0850. The molecule has 7 heteroatoms. The van der Waals surface area contributed by atoms with Crippen molar-refractivity contribution in [3.63, 3.8) is 0 Å². The molecule has 2 rings (SSSR count). The van der Waals surface area contributed by atoms with Crippen molar-refractivity contribution in [3.8, 4) is 0 Å². The lowest BCUT2D eigenvalue weighted by molar-refractivity contribution is 0.556. The summed E-state index contributed by atoms with van der Waals surface area (Å²) in [6.45, 7) is 1.65. The summed E-state index contributed by atoms with van der Waals surface area (Å²) in [5, 5.41) is 0. The molecule has 1 atom stereocenters. The van der Waals surface area contributed by atoms with Crippen molar-refractivity contribution in [1.29, 1.82) is 0 Å². The zero-order chi connectivity index (χ0) is 10.3. The smallest absolute Gasteiger partial charge is 0.284 e. The summed E-state index contributed by atoms with van der Waals surface area (Å²) in [5.74, 6) is 0.0850. The van der Waals surface area contributed by atoms with Crippen molar-refractivity contribution in [1.82, 2.24) is 19.5 Å². The summed E-state index contributed by atoms with van der Waals surface area (Å²) >= 11 is 0. The Bertz CT molecular complexity index is 524. The van der Waals surface area contributed by atoms with Gasteiger partial charge in [-0.15, -0.1) is 0 Å². The van der Waals surface area contributed by atoms with Crippen molar-refractivity contribution < 1.29 is 0 Å². The zero-order valence-corrected chi connectivity index (χ0v) is 7.56. The molecule has 0 aliphatic carbocycles. The third kappa shape index (κ3) is 1.06. The van der Waals surface area contributed by atoms with Gasteiger partial charge in [-0.1, -0.05) is 0 Å². The molecular weight excluding hydrogens is 184 g/mol. The molecule has 5 N–H and O–H groups in total. The van der Waals surface area contributed by atoms with E-state index in [-0.39, 0.29) is 17.0 Å². The van der Waals surface area contributed by atoms with Crippen molar-refractivity contribution in [3.05, 3.63) is 16.7 Å². The predicted octanol–water partition coefficient (Wildman–Crippen LogP) is -0.821. The molecule has 1 unspecified atom stereocenters. The number of hydrogen-bond acceptors (Lipinski definition) is 5. The normalized spacial score (nSPS) is 13.3. The van der Waals surface area contributed by atoms with E-state index in [1.54, 1.807) is 6.92 Å². The summed E-state index contributed by atoms with van der Waals surface area (Å²) in [7, 11) is 0. The Morgan fingerprint density at radius 2 is 2.36 bits per heavy atom. The Hall–Kier alpha value is -1.89. The first kappa shape index (κ1) is 8.70. The second-order valence-corrected chi connectivity index (χ2v) is 2.99. The maximum atomic E-state index is 11.7. The Labute approximate surface area is 78.8 Å². The number of hydrogen-bond donors (Lipinski definition) is 3. The molecule has 2 aromatic heterocycles. The van der Waals surface area contributed by atoms with Gasteiger partial charge < -0.3 is 16.5 Å². The van der Waals surface area contributed by atoms with Gasteiger partial charge in [-0.25, -0.2) is 4.98 Å². The summed E-state index contributed by atoms with van der Waals surface area (Å²) in [6.07, 6.45) is 0.875. The van der Waals surface area contributed by atoms with Crippen LogP contribution in [0.15, 0.2) is 11.1 Å². The second kappa shape index (κ2) is 2.81. The van der Waals surface area contributed by atoms with Crippen LogP contribution in [-0.2, 0) is 0 Å². The first-order chi connectivity index (χ1) is 6.61. The molecule has 7 nitrogen and oxygen atoms in total. The maximum absolute atomic E-state index is 11.7. The summed E-state index contributed by atoms with van der Waals surface area (Å²) < 4.78 is 1.20. The summed E-state index contributed by atoms with van der Waals surface area (Å²) in [4.78, 5) is 22.2. The van der Waals surface area contributed by atoms with Crippen LogP contribution in [0.2, 0.25) is 0 Å². The fraction of sp³-hybridized carbons (Fsp3) is 0.286. The van der Waals surface area contributed by atoms with Gasteiger partial charge >= 0.3 is 0 Å². The van der Waals surface area contributed by atoms with Gasteiger partial charge in [0.2, 0.25) is 5.95 Å². The van der Waals surface area contributed by atoms with Gasteiger partial charge in [-0.2, -0.15) is 4.98 Å². The van der Waals surface area contributed by atoms with Gasteiger partial charge in [0.05, 0.1) is 12.5 Å². The molecule has 0 saturated carbocycles. The number of nitrogens with zero attached hydrogens (tertiary/aromatic N) is 3. The lowest BCUT2D eigenvalue weighted by Gasteiger charge is -2.11. The fourth-order valence-electron chi connectivity index (χ4n) is 1.31. The fourth-order valence-corrected chi connectivity index (χ4v) is 1.31. The molecule has 74 valence electrons. The van der Waals surface area contributed by atoms with Crippen LogP contribution < -0.4 is 17.0 Å².